The molecule has 0 aromatic heterocycles. The van der Waals surface area contributed by atoms with Crippen molar-refractivity contribution < 1.29 is 19.8 Å². The van der Waals surface area contributed by atoms with Crippen LogP contribution in [0, 0.1) is 5.41 Å². The van der Waals surface area contributed by atoms with Crippen molar-refractivity contribution in [2.45, 2.75) is 58.8 Å². The molecule has 0 heterocycles. The molecule has 0 atom stereocenters. The van der Waals surface area contributed by atoms with Gasteiger partial charge >= 0.3 is 5.97 Å². The molecule has 3 N–H and O–H groups in total. The van der Waals surface area contributed by atoms with E-state index in [1.54, 1.807) is 6.07 Å². The molecule has 0 bridgehead atoms. The van der Waals surface area contributed by atoms with Gasteiger partial charge in [0.25, 0.3) is 0 Å². The lowest BCUT2D eigenvalue weighted by Gasteiger charge is -2.27. The molecule has 0 unspecified atom stereocenters. The second kappa shape index (κ2) is 7.23. The van der Waals surface area contributed by atoms with Crippen molar-refractivity contribution in [3.05, 3.63) is 28.8 Å². The van der Waals surface area contributed by atoms with Crippen LogP contribution in [0.25, 0.3) is 0 Å². The van der Waals surface area contributed by atoms with Crippen LogP contribution in [0.5, 0.6) is 5.75 Å². The summed E-state index contributed by atoms with van der Waals surface area (Å²) in [6.07, 6.45) is 0.596. The van der Waals surface area contributed by atoms with E-state index >= 15 is 0 Å². The topological polar surface area (TPSA) is 98.4 Å². The molecule has 5 heteroatoms. The Labute approximate surface area is 131 Å². The third-order valence-electron chi connectivity index (χ3n) is 3.20. The number of nitrogens with one attached hydrogen (secondary N) is 1. The Morgan fingerprint density at radius 1 is 1.14 bits per heavy atom. The Hall–Kier alpha value is -2.13. The molecule has 1 rings (SSSR count). The lowest BCUT2D eigenvalue weighted by molar-refractivity contribution is -0.136. The lowest BCUT2D eigenvalue weighted by Crippen LogP contribution is -2.18. The van der Waals surface area contributed by atoms with Gasteiger partial charge in [0.05, 0.1) is 6.42 Å². The minimum atomic E-state index is -0.929. The first-order valence-electron chi connectivity index (χ1n) is 6.97. The summed E-state index contributed by atoms with van der Waals surface area (Å²) < 4.78 is 0. The van der Waals surface area contributed by atoms with Crippen molar-refractivity contribution in [3.63, 3.8) is 0 Å². The molecule has 0 saturated heterocycles. The highest BCUT2D eigenvalue weighted by Gasteiger charge is 2.25. The van der Waals surface area contributed by atoms with Crippen LogP contribution in [-0.2, 0) is 26.8 Å². The average Bonchev–Trinajstić information content (AvgIpc) is 2.29. The van der Waals surface area contributed by atoms with Crippen LogP contribution in [0.3, 0.4) is 0 Å². The second-order valence-corrected chi connectivity index (χ2v) is 7.20. The third kappa shape index (κ3) is 5.70. The minimum Gasteiger partial charge on any atom is -0.507 e. The van der Waals surface area contributed by atoms with Gasteiger partial charge in [-0.1, -0.05) is 53.7 Å². The number of carbonyl (C=O) groups excluding carboxylic acids is 1. The standard InChI is InChI=1S/C16H24O3.CHNO/c1-15(2,3)11-7-10(8-13(17)18)14(19)12(9-11)16(4,5)6;2-1-3/h7,9,19H,8H2,1-6H3,(H,17,18);2H. The normalized spacial score (nSPS) is 11.2. The largest absolute Gasteiger partial charge is 0.507 e. The SMILES string of the molecule is CC(C)(C)c1cc(CC(=O)O)c(O)c(C(C)(C)C)c1.N=C=O. The van der Waals surface area contributed by atoms with Crippen molar-refractivity contribution in [1.29, 1.82) is 5.41 Å². The molecule has 0 fully saturated rings. The smallest absolute Gasteiger partial charge is 0.307 e. The number of carbonyl (C=O) groups is 1. The summed E-state index contributed by atoms with van der Waals surface area (Å²) in [6, 6.07) is 3.79. The van der Waals surface area contributed by atoms with Crippen molar-refractivity contribution in [3.8, 4) is 5.75 Å². The number of aliphatic carboxylic acids is 1. The number of hydrogen-bond acceptors (Lipinski definition) is 4. The van der Waals surface area contributed by atoms with E-state index in [0.717, 1.165) is 17.2 Å². The molecule has 0 spiro atoms. The van der Waals surface area contributed by atoms with Crippen LogP contribution in [-0.4, -0.2) is 22.3 Å². The van der Waals surface area contributed by atoms with E-state index in [1.165, 1.54) is 0 Å². The number of aromatic hydroxyl groups is 1. The Bertz CT molecular complexity index is 572. The van der Waals surface area contributed by atoms with Gasteiger partial charge in [-0.15, -0.1) is 0 Å². The van der Waals surface area contributed by atoms with Gasteiger partial charge < -0.3 is 10.2 Å². The van der Waals surface area contributed by atoms with E-state index in [4.69, 9.17) is 15.3 Å². The van der Waals surface area contributed by atoms with Gasteiger partial charge in [0.15, 0.2) is 0 Å². The Kier molecular flexibility index (Phi) is 6.53. The van der Waals surface area contributed by atoms with Crippen LogP contribution in [0.4, 0.5) is 0 Å². The van der Waals surface area contributed by atoms with Gasteiger partial charge in [-0.25, -0.2) is 10.2 Å². The number of rotatable bonds is 2. The van der Waals surface area contributed by atoms with Gasteiger partial charge in [0.1, 0.15) is 5.75 Å². The number of hydrogen-bond donors (Lipinski definition) is 3. The highest BCUT2D eigenvalue weighted by Crippen LogP contribution is 2.37. The molecule has 1 aromatic carbocycles. The molecule has 0 aliphatic carbocycles. The Morgan fingerprint density at radius 3 is 1.91 bits per heavy atom. The zero-order valence-electron chi connectivity index (χ0n) is 14.1. The summed E-state index contributed by atoms with van der Waals surface area (Å²) in [5.74, 6) is -0.816. The first-order valence-corrected chi connectivity index (χ1v) is 6.97. The Balaban J connectivity index is 0.00000135. The summed E-state index contributed by atoms with van der Waals surface area (Å²) in [6.45, 7) is 12.3. The van der Waals surface area contributed by atoms with Gasteiger partial charge in [-0.2, -0.15) is 0 Å². The van der Waals surface area contributed by atoms with Crippen LogP contribution in [0.15, 0.2) is 12.1 Å². The maximum absolute atomic E-state index is 10.9. The summed E-state index contributed by atoms with van der Waals surface area (Å²) in [4.78, 5) is 19.3. The van der Waals surface area contributed by atoms with E-state index in [0.29, 0.717) is 5.56 Å². The zero-order chi connectivity index (χ0) is 17.7. The predicted molar refractivity (Wildman–Crippen MR) is 85.3 cm³/mol. The maximum atomic E-state index is 10.9. The van der Waals surface area contributed by atoms with Crippen molar-refractivity contribution in [2.75, 3.05) is 0 Å². The zero-order valence-corrected chi connectivity index (χ0v) is 14.1. The molecular formula is C17H25NO4. The first-order chi connectivity index (χ1) is 9.84. The Morgan fingerprint density at radius 2 is 1.59 bits per heavy atom. The summed E-state index contributed by atoms with van der Waals surface area (Å²) in [7, 11) is 0. The minimum absolute atomic E-state index is 0.0824. The number of benzene rings is 1. The molecule has 22 heavy (non-hydrogen) atoms. The van der Waals surface area contributed by atoms with E-state index in [-0.39, 0.29) is 23.0 Å². The van der Waals surface area contributed by atoms with E-state index in [2.05, 4.69) is 20.8 Å². The summed E-state index contributed by atoms with van der Waals surface area (Å²) in [5.41, 5.74) is 2.03. The van der Waals surface area contributed by atoms with Gasteiger partial charge in [-0.3, -0.25) is 4.79 Å². The summed E-state index contributed by atoms with van der Waals surface area (Å²) in [5, 5.41) is 24.7. The van der Waals surface area contributed by atoms with E-state index in [9.17, 15) is 9.90 Å². The number of phenols is 1. The molecule has 0 saturated carbocycles. The van der Waals surface area contributed by atoms with Crippen molar-refractivity contribution in [2.24, 2.45) is 0 Å². The molecule has 0 amide bonds. The molecular weight excluding hydrogens is 282 g/mol. The number of carboxylic acids is 1. The summed E-state index contributed by atoms with van der Waals surface area (Å²) >= 11 is 0. The molecule has 1 aromatic rings. The quantitative estimate of drug-likeness (QED) is 0.575. The number of phenolic OH excluding ortho intramolecular Hbond substituents is 1. The van der Waals surface area contributed by atoms with Crippen LogP contribution in [0.2, 0.25) is 0 Å². The van der Waals surface area contributed by atoms with Gasteiger partial charge in [0.2, 0.25) is 6.08 Å². The van der Waals surface area contributed by atoms with Gasteiger partial charge in [0, 0.05) is 5.56 Å². The van der Waals surface area contributed by atoms with Crippen LogP contribution in [0.1, 0.15) is 58.2 Å². The number of isocyanates is 1. The maximum Gasteiger partial charge on any atom is 0.307 e. The predicted octanol–water partition coefficient (Wildman–Crippen LogP) is 3.52. The van der Waals surface area contributed by atoms with Crippen LogP contribution < -0.4 is 0 Å². The average molecular weight is 307 g/mol. The molecule has 0 aliphatic heterocycles. The number of carboxylic acid groups (broad SMARTS) is 1. The molecule has 0 aliphatic rings. The fourth-order valence-corrected chi connectivity index (χ4v) is 2.00. The third-order valence-corrected chi connectivity index (χ3v) is 3.20. The highest BCUT2D eigenvalue weighted by atomic mass is 16.4. The molecule has 122 valence electrons. The van der Waals surface area contributed by atoms with E-state index in [1.807, 2.05) is 26.8 Å². The fraction of sp³-hybridized carbons (Fsp3) is 0.529. The van der Waals surface area contributed by atoms with Crippen molar-refractivity contribution in [1.82, 2.24) is 0 Å². The van der Waals surface area contributed by atoms with Gasteiger partial charge in [-0.05, 0) is 22.0 Å². The van der Waals surface area contributed by atoms with Crippen LogP contribution >= 0.6 is 0 Å². The highest BCUT2D eigenvalue weighted by molar-refractivity contribution is 5.72. The monoisotopic (exact) mass is 307 g/mol. The molecule has 0 radical (unpaired) electrons. The van der Waals surface area contributed by atoms with Crippen molar-refractivity contribution >= 4 is 12.0 Å². The van der Waals surface area contributed by atoms with E-state index < -0.39 is 5.97 Å². The fourth-order valence-electron chi connectivity index (χ4n) is 2.00. The molecule has 5 nitrogen and oxygen atoms in total. The first kappa shape index (κ1) is 19.9. The lowest BCUT2D eigenvalue weighted by atomic mass is 9.78. The second-order valence-electron chi connectivity index (χ2n) is 7.20.